The summed E-state index contributed by atoms with van der Waals surface area (Å²) in [6.45, 7) is 0.430. The number of primary amides is 1. The predicted molar refractivity (Wildman–Crippen MR) is 139 cm³/mol. The predicted octanol–water partition coefficient (Wildman–Crippen LogP) is 1.29. The number of carbonyl (C=O) groups is 3. The third kappa shape index (κ3) is 8.75. The van der Waals surface area contributed by atoms with Crippen molar-refractivity contribution in [3.8, 4) is 5.75 Å². The van der Waals surface area contributed by atoms with Crippen LogP contribution in [0.4, 0.5) is 0 Å². The van der Waals surface area contributed by atoms with Gasteiger partial charge in [0, 0.05) is 13.1 Å². The molecule has 9 nitrogen and oxygen atoms in total. The Morgan fingerprint density at radius 1 is 0.892 bits per heavy atom. The molecule has 0 fully saturated rings. The van der Waals surface area contributed by atoms with Crippen LogP contribution in [0.3, 0.4) is 0 Å². The lowest BCUT2D eigenvalue weighted by molar-refractivity contribution is -0.130. The van der Waals surface area contributed by atoms with E-state index in [9.17, 15) is 19.5 Å². The topological polar surface area (TPSA) is 157 Å². The van der Waals surface area contributed by atoms with Crippen LogP contribution < -0.4 is 26.8 Å². The largest absolute Gasteiger partial charge is 0.484 e. The summed E-state index contributed by atoms with van der Waals surface area (Å²) in [7, 11) is 0. The molecule has 9 heteroatoms. The fourth-order valence-corrected chi connectivity index (χ4v) is 3.52. The summed E-state index contributed by atoms with van der Waals surface area (Å²) in [5.74, 6) is -1.12. The molecule has 1 radical (unpaired) electrons. The van der Waals surface area contributed by atoms with E-state index in [2.05, 4.69) is 10.6 Å². The number of nitrogens with two attached hydrogens (primary N) is 2. The highest BCUT2D eigenvalue weighted by Gasteiger charge is 2.29. The van der Waals surface area contributed by atoms with Gasteiger partial charge >= 0.3 is 0 Å². The van der Waals surface area contributed by atoms with Crippen molar-refractivity contribution in [3.63, 3.8) is 0 Å². The van der Waals surface area contributed by atoms with Gasteiger partial charge in [-0.05, 0) is 40.8 Å². The second-order valence-electron chi connectivity index (χ2n) is 8.39. The molecule has 0 aliphatic rings. The van der Waals surface area contributed by atoms with Gasteiger partial charge in [0.05, 0.1) is 6.42 Å². The van der Waals surface area contributed by atoms with Gasteiger partial charge in [-0.2, -0.15) is 0 Å². The summed E-state index contributed by atoms with van der Waals surface area (Å²) in [6.07, 6.45) is 0.424. The molecule has 0 aliphatic carbocycles. The highest BCUT2D eigenvalue weighted by atomic mass is 16.5. The molecule has 0 aromatic heterocycles. The van der Waals surface area contributed by atoms with Crippen molar-refractivity contribution < 1.29 is 24.2 Å². The Morgan fingerprint density at radius 3 is 2.14 bits per heavy atom. The maximum atomic E-state index is 13.0. The normalized spacial score (nSPS) is 12.3. The van der Waals surface area contributed by atoms with Crippen LogP contribution in [0.1, 0.15) is 28.4 Å². The van der Waals surface area contributed by atoms with Gasteiger partial charge in [0.2, 0.25) is 11.8 Å². The number of aliphatic hydroxyl groups excluding tert-OH is 1. The monoisotopic (exact) mass is 503 g/mol. The fraction of sp³-hybridized carbons (Fsp3) is 0.214. The number of aliphatic hydroxyl groups is 1. The average molecular weight is 504 g/mol. The first-order valence-corrected chi connectivity index (χ1v) is 11.8. The first-order chi connectivity index (χ1) is 17.9. The molecule has 0 bridgehead atoms. The standard InChI is InChI=1S/C28H31N4O5/c29-16-20-6-8-21(9-7-20)17-31-28(36)26(27(35)22-4-2-1-3-5-22)32-25(34)15-12-19-10-13-23(14-11-19)37-18-24(30)33/h1-11,13-15,26-27,35H,12,16-18,29H2,(H2,30,33)(H,31,36)(H,32,34)/t26-,27+/m0/s1. The SMILES string of the molecule is NCc1ccc(CNC(=O)[C@@H](NC(=O)[CH]Cc2ccc(OCC(N)=O)cc2)[C@H](O)c2ccccc2)cc1. The molecular weight excluding hydrogens is 472 g/mol. The lowest BCUT2D eigenvalue weighted by atomic mass is 10.0. The zero-order valence-electron chi connectivity index (χ0n) is 20.3. The van der Waals surface area contributed by atoms with E-state index in [1.54, 1.807) is 54.6 Å². The number of carbonyl (C=O) groups excluding carboxylic acids is 3. The second kappa shape index (κ2) is 13.8. The average Bonchev–Trinajstić information content (AvgIpc) is 2.93. The van der Waals surface area contributed by atoms with Crippen molar-refractivity contribution in [2.45, 2.75) is 31.7 Å². The summed E-state index contributed by atoms with van der Waals surface area (Å²) >= 11 is 0. The molecule has 0 unspecified atom stereocenters. The molecule has 3 aromatic carbocycles. The van der Waals surface area contributed by atoms with Gasteiger partial charge in [-0.15, -0.1) is 0 Å². The Morgan fingerprint density at radius 2 is 1.51 bits per heavy atom. The number of benzene rings is 3. The zero-order chi connectivity index (χ0) is 26.6. The van der Waals surface area contributed by atoms with Crippen LogP contribution in [0.15, 0.2) is 78.9 Å². The molecule has 7 N–H and O–H groups in total. The zero-order valence-corrected chi connectivity index (χ0v) is 20.3. The first kappa shape index (κ1) is 27.4. The molecule has 3 aromatic rings. The Balaban J connectivity index is 1.61. The quantitative estimate of drug-likeness (QED) is 0.237. The van der Waals surface area contributed by atoms with Crippen LogP contribution in [0.2, 0.25) is 0 Å². The lowest BCUT2D eigenvalue weighted by Gasteiger charge is -2.24. The minimum atomic E-state index is -1.25. The molecule has 0 heterocycles. The van der Waals surface area contributed by atoms with E-state index in [0.29, 0.717) is 17.9 Å². The Hall–Kier alpha value is -4.21. The van der Waals surface area contributed by atoms with E-state index in [0.717, 1.165) is 16.7 Å². The molecule has 193 valence electrons. The van der Waals surface area contributed by atoms with E-state index < -0.39 is 29.9 Å². The van der Waals surface area contributed by atoms with E-state index in [-0.39, 0.29) is 19.6 Å². The van der Waals surface area contributed by atoms with E-state index in [1.807, 2.05) is 24.3 Å². The van der Waals surface area contributed by atoms with Crippen LogP contribution in [0.5, 0.6) is 5.75 Å². The summed E-state index contributed by atoms with van der Waals surface area (Å²) in [5, 5.41) is 16.3. The molecule has 37 heavy (non-hydrogen) atoms. The highest BCUT2D eigenvalue weighted by molar-refractivity contribution is 5.92. The van der Waals surface area contributed by atoms with Gasteiger partial charge in [-0.1, -0.05) is 66.7 Å². The van der Waals surface area contributed by atoms with E-state index in [4.69, 9.17) is 16.2 Å². The molecule has 0 saturated heterocycles. The van der Waals surface area contributed by atoms with Crippen molar-refractivity contribution in [1.29, 1.82) is 0 Å². The third-order valence-electron chi connectivity index (χ3n) is 5.59. The van der Waals surface area contributed by atoms with Crippen molar-refractivity contribution in [3.05, 3.63) is 108 Å². The number of hydrogen-bond donors (Lipinski definition) is 5. The maximum Gasteiger partial charge on any atom is 0.255 e. The Kier molecular flexibility index (Phi) is 10.2. The van der Waals surface area contributed by atoms with Crippen LogP contribution in [-0.4, -0.2) is 35.5 Å². The number of rotatable bonds is 13. The fourth-order valence-electron chi connectivity index (χ4n) is 3.52. The molecule has 2 atom stereocenters. The molecule has 0 aliphatic heterocycles. The van der Waals surface area contributed by atoms with Crippen molar-refractivity contribution in [2.75, 3.05) is 6.61 Å². The highest BCUT2D eigenvalue weighted by Crippen LogP contribution is 2.18. The number of nitrogens with one attached hydrogen (secondary N) is 2. The van der Waals surface area contributed by atoms with E-state index >= 15 is 0 Å². The molecule has 0 saturated carbocycles. The Labute approximate surface area is 215 Å². The number of amides is 3. The summed E-state index contributed by atoms with van der Waals surface area (Å²) in [4.78, 5) is 36.6. The van der Waals surface area contributed by atoms with Gasteiger partial charge in [0.15, 0.2) is 6.61 Å². The Bertz CT molecular complexity index is 1170. The van der Waals surface area contributed by atoms with E-state index in [1.165, 1.54) is 6.42 Å². The first-order valence-electron chi connectivity index (χ1n) is 11.8. The summed E-state index contributed by atoms with van der Waals surface area (Å²) < 4.78 is 5.22. The van der Waals surface area contributed by atoms with Crippen molar-refractivity contribution in [1.82, 2.24) is 10.6 Å². The minimum Gasteiger partial charge on any atom is -0.484 e. The van der Waals surface area contributed by atoms with Crippen LogP contribution in [0, 0.1) is 6.42 Å². The maximum absolute atomic E-state index is 13.0. The van der Waals surface area contributed by atoms with Crippen LogP contribution in [0.25, 0.3) is 0 Å². The third-order valence-corrected chi connectivity index (χ3v) is 5.59. The second-order valence-corrected chi connectivity index (χ2v) is 8.39. The molecule has 3 amide bonds. The van der Waals surface area contributed by atoms with Gasteiger partial charge in [0.25, 0.3) is 5.91 Å². The van der Waals surface area contributed by atoms with Gasteiger partial charge in [-0.3, -0.25) is 14.4 Å². The van der Waals surface area contributed by atoms with Crippen molar-refractivity contribution in [2.24, 2.45) is 11.5 Å². The van der Waals surface area contributed by atoms with Gasteiger partial charge in [-0.25, -0.2) is 0 Å². The molecular formula is C28H31N4O5. The van der Waals surface area contributed by atoms with Crippen LogP contribution >= 0.6 is 0 Å². The number of hydrogen-bond acceptors (Lipinski definition) is 6. The lowest BCUT2D eigenvalue weighted by Crippen LogP contribution is -2.50. The summed E-state index contributed by atoms with van der Waals surface area (Å²) in [6, 6.07) is 21.8. The number of ether oxygens (including phenoxy) is 1. The van der Waals surface area contributed by atoms with Gasteiger partial charge < -0.3 is 31.9 Å². The van der Waals surface area contributed by atoms with Crippen LogP contribution in [-0.2, 0) is 33.9 Å². The smallest absolute Gasteiger partial charge is 0.255 e. The molecule has 3 rings (SSSR count). The summed E-state index contributed by atoms with van der Waals surface area (Å²) in [5.41, 5.74) is 13.8. The molecule has 0 spiro atoms. The van der Waals surface area contributed by atoms with Crippen molar-refractivity contribution >= 4 is 17.7 Å². The minimum absolute atomic E-state index is 0.222. The van der Waals surface area contributed by atoms with Gasteiger partial charge in [0.1, 0.15) is 17.9 Å².